The zero-order valence-corrected chi connectivity index (χ0v) is 16.8. The van der Waals surface area contributed by atoms with Gasteiger partial charge in [0.05, 0.1) is 14.2 Å². The Kier molecular flexibility index (Phi) is 8.45. The minimum atomic E-state index is -0.589. The summed E-state index contributed by atoms with van der Waals surface area (Å²) in [6.45, 7) is 2.29. The minimum absolute atomic E-state index is 0.0561. The molecule has 0 radical (unpaired) electrons. The van der Waals surface area contributed by atoms with Crippen molar-refractivity contribution in [2.75, 3.05) is 31.4 Å². The van der Waals surface area contributed by atoms with Crippen molar-refractivity contribution in [1.29, 1.82) is 0 Å². The van der Waals surface area contributed by atoms with Crippen molar-refractivity contribution in [2.24, 2.45) is 0 Å². The van der Waals surface area contributed by atoms with E-state index in [2.05, 4.69) is 25.4 Å². The monoisotopic (exact) mass is 401 g/mol. The Morgan fingerprint density at radius 2 is 1.28 bits per heavy atom. The van der Waals surface area contributed by atoms with Crippen molar-refractivity contribution < 1.29 is 24.2 Å². The van der Waals surface area contributed by atoms with Gasteiger partial charge in [-0.25, -0.2) is 9.59 Å². The summed E-state index contributed by atoms with van der Waals surface area (Å²) in [6.07, 6.45) is -0.888. The topological polar surface area (TPSA) is 109 Å². The highest BCUT2D eigenvalue weighted by molar-refractivity contribution is 5.85. The quantitative estimate of drug-likeness (QED) is 0.504. The number of hydrogen-bond donors (Lipinski definition) is 4. The third-order valence-corrected chi connectivity index (χ3v) is 4.36. The van der Waals surface area contributed by atoms with Gasteiger partial charge in [-0.1, -0.05) is 24.3 Å². The van der Waals surface area contributed by atoms with E-state index in [0.717, 1.165) is 17.5 Å². The van der Waals surface area contributed by atoms with Gasteiger partial charge in [-0.3, -0.25) is 16.0 Å². The number of benzene rings is 2. The van der Waals surface area contributed by atoms with Crippen LogP contribution in [0.5, 0.6) is 0 Å². The lowest BCUT2D eigenvalue weighted by Crippen LogP contribution is -2.27. The van der Waals surface area contributed by atoms with E-state index in [1.54, 1.807) is 6.92 Å². The molecule has 0 aromatic heterocycles. The third kappa shape index (κ3) is 7.10. The van der Waals surface area contributed by atoms with Gasteiger partial charge in [-0.2, -0.15) is 0 Å². The number of rotatable bonds is 8. The first kappa shape index (κ1) is 22.2. The van der Waals surface area contributed by atoms with Crippen LogP contribution in [0.3, 0.4) is 0 Å². The fourth-order valence-corrected chi connectivity index (χ4v) is 2.90. The zero-order valence-electron chi connectivity index (χ0n) is 16.8. The van der Waals surface area contributed by atoms with E-state index >= 15 is 0 Å². The van der Waals surface area contributed by atoms with Gasteiger partial charge in [0, 0.05) is 17.3 Å². The molecule has 0 fully saturated rings. The second-order valence-electron chi connectivity index (χ2n) is 6.45. The second-order valence-corrected chi connectivity index (χ2v) is 6.45. The Morgan fingerprint density at radius 3 is 1.62 bits per heavy atom. The first-order valence-corrected chi connectivity index (χ1v) is 9.24. The predicted molar refractivity (Wildman–Crippen MR) is 111 cm³/mol. The number of ether oxygens (including phenoxy) is 2. The lowest BCUT2D eigenvalue weighted by atomic mass is 9.88. The normalized spacial score (nSPS) is 11.6. The van der Waals surface area contributed by atoms with E-state index in [1.807, 2.05) is 48.5 Å². The number of carbonyl (C=O) groups is 2. The van der Waals surface area contributed by atoms with E-state index in [9.17, 15) is 14.7 Å². The Morgan fingerprint density at radius 1 is 0.862 bits per heavy atom. The van der Waals surface area contributed by atoms with Crippen molar-refractivity contribution in [3.63, 3.8) is 0 Å². The molecule has 2 rings (SSSR count). The molecule has 8 nitrogen and oxygen atoms in total. The van der Waals surface area contributed by atoms with E-state index in [4.69, 9.17) is 0 Å². The molecule has 0 heterocycles. The summed E-state index contributed by atoms with van der Waals surface area (Å²) >= 11 is 0. The Bertz CT molecular complexity index is 729. The van der Waals surface area contributed by atoms with Crippen LogP contribution in [-0.2, 0) is 9.47 Å². The summed E-state index contributed by atoms with van der Waals surface area (Å²) in [5, 5.41) is 17.7. The number of amides is 2. The molecule has 2 aromatic rings. The lowest BCUT2D eigenvalue weighted by molar-refractivity contribution is 0.156. The molecule has 0 aliphatic rings. The molecule has 29 heavy (non-hydrogen) atoms. The van der Waals surface area contributed by atoms with Crippen LogP contribution in [-0.4, -0.2) is 44.3 Å². The smallest absolute Gasteiger partial charge is 0.411 e. The van der Waals surface area contributed by atoms with Crippen molar-refractivity contribution in [1.82, 2.24) is 5.32 Å². The van der Waals surface area contributed by atoms with Gasteiger partial charge in [-0.05, 0) is 55.3 Å². The van der Waals surface area contributed by atoms with Gasteiger partial charge in [0.25, 0.3) is 0 Å². The maximum absolute atomic E-state index is 11.4. The highest BCUT2D eigenvalue weighted by Gasteiger charge is 2.15. The van der Waals surface area contributed by atoms with Crippen LogP contribution in [0.25, 0.3) is 0 Å². The first-order chi connectivity index (χ1) is 13.9. The van der Waals surface area contributed by atoms with E-state index in [0.29, 0.717) is 17.9 Å². The van der Waals surface area contributed by atoms with Gasteiger partial charge in [0.1, 0.15) is 6.23 Å². The van der Waals surface area contributed by atoms with Crippen molar-refractivity contribution in [2.45, 2.75) is 25.5 Å². The van der Waals surface area contributed by atoms with Crippen LogP contribution in [0.15, 0.2) is 48.5 Å². The second kappa shape index (κ2) is 11.0. The molecule has 0 spiro atoms. The first-order valence-electron chi connectivity index (χ1n) is 9.24. The molecule has 0 bridgehead atoms. The number of anilines is 2. The predicted octanol–water partition coefficient (Wildman–Crippen LogP) is 3.49. The highest BCUT2D eigenvalue weighted by atomic mass is 16.5. The fourth-order valence-electron chi connectivity index (χ4n) is 2.90. The van der Waals surface area contributed by atoms with Crippen LogP contribution in [0.2, 0.25) is 0 Å². The maximum Gasteiger partial charge on any atom is 0.411 e. The van der Waals surface area contributed by atoms with Gasteiger partial charge >= 0.3 is 12.2 Å². The molecular weight excluding hydrogens is 374 g/mol. The molecule has 0 saturated heterocycles. The average molecular weight is 401 g/mol. The van der Waals surface area contributed by atoms with Crippen LogP contribution < -0.4 is 16.0 Å². The van der Waals surface area contributed by atoms with Crippen LogP contribution in [0.1, 0.15) is 30.4 Å². The minimum Gasteiger partial charge on any atom is -0.453 e. The van der Waals surface area contributed by atoms with E-state index in [1.165, 1.54) is 14.2 Å². The number of aliphatic hydroxyl groups is 1. The molecule has 1 atom stereocenters. The Labute approximate surface area is 170 Å². The summed E-state index contributed by atoms with van der Waals surface area (Å²) in [4.78, 5) is 22.7. The molecular formula is C21H27N3O5. The van der Waals surface area contributed by atoms with Gasteiger partial charge in [0.2, 0.25) is 0 Å². The SMILES string of the molecule is COC(=O)Nc1ccc(C(CCNC(C)O)c2ccc(NC(=O)OC)cc2)cc1. The van der Waals surface area contributed by atoms with Gasteiger partial charge in [-0.15, -0.1) is 0 Å². The molecule has 4 N–H and O–H groups in total. The summed E-state index contributed by atoms with van der Waals surface area (Å²) < 4.78 is 9.21. The molecule has 0 aliphatic carbocycles. The van der Waals surface area contributed by atoms with Crippen molar-refractivity contribution in [3.8, 4) is 0 Å². The van der Waals surface area contributed by atoms with E-state index < -0.39 is 18.4 Å². The third-order valence-electron chi connectivity index (χ3n) is 4.36. The number of methoxy groups -OCH3 is 2. The van der Waals surface area contributed by atoms with Crippen molar-refractivity contribution >= 4 is 23.6 Å². The van der Waals surface area contributed by atoms with Gasteiger partial charge < -0.3 is 14.6 Å². The van der Waals surface area contributed by atoms with Crippen molar-refractivity contribution in [3.05, 3.63) is 59.7 Å². The lowest BCUT2D eigenvalue weighted by Gasteiger charge is -2.20. The van der Waals surface area contributed by atoms with Crippen LogP contribution in [0.4, 0.5) is 21.0 Å². The molecule has 2 aromatic carbocycles. The van der Waals surface area contributed by atoms with Gasteiger partial charge in [0.15, 0.2) is 0 Å². The number of carbonyl (C=O) groups excluding carboxylic acids is 2. The molecule has 1 unspecified atom stereocenters. The van der Waals surface area contributed by atoms with E-state index in [-0.39, 0.29) is 5.92 Å². The Balaban J connectivity index is 2.20. The maximum atomic E-state index is 11.4. The number of hydrogen-bond acceptors (Lipinski definition) is 6. The zero-order chi connectivity index (χ0) is 21.2. The fraction of sp³-hybridized carbons (Fsp3) is 0.333. The Hall–Kier alpha value is -3.10. The van der Waals surface area contributed by atoms with Crippen LogP contribution >= 0.6 is 0 Å². The molecule has 156 valence electrons. The molecule has 2 amide bonds. The summed E-state index contributed by atoms with van der Waals surface area (Å²) in [6, 6.07) is 15.0. The summed E-state index contributed by atoms with van der Waals surface area (Å²) in [5.74, 6) is 0.0561. The van der Waals surface area contributed by atoms with Crippen LogP contribution in [0, 0.1) is 0 Å². The molecule has 8 heteroatoms. The molecule has 0 saturated carbocycles. The largest absolute Gasteiger partial charge is 0.453 e. The number of aliphatic hydroxyl groups excluding tert-OH is 1. The summed E-state index contributed by atoms with van der Waals surface area (Å²) in [5.41, 5.74) is 3.39. The standard InChI is InChI=1S/C21H27N3O5/c1-14(25)22-13-12-19(15-4-8-17(9-5-15)23-20(26)28-2)16-6-10-18(11-7-16)24-21(27)29-3/h4-11,14,19,22,25H,12-13H2,1-3H3,(H,23,26)(H,24,27). The molecule has 0 aliphatic heterocycles. The summed E-state index contributed by atoms with van der Waals surface area (Å²) in [7, 11) is 2.63. The number of nitrogens with one attached hydrogen (secondary N) is 3. The average Bonchev–Trinajstić information content (AvgIpc) is 2.72. The highest BCUT2D eigenvalue weighted by Crippen LogP contribution is 2.29.